The molecule has 2 saturated carbocycles. The lowest BCUT2D eigenvalue weighted by Gasteiger charge is -2.43. The summed E-state index contributed by atoms with van der Waals surface area (Å²) >= 11 is 3.56. The first-order valence-corrected chi connectivity index (χ1v) is 8.86. The van der Waals surface area contributed by atoms with Crippen LogP contribution in [0.1, 0.15) is 65.7 Å². The van der Waals surface area contributed by atoms with Crippen molar-refractivity contribution in [3.63, 3.8) is 0 Å². The van der Waals surface area contributed by atoms with Gasteiger partial charge < -0.3 is 5.32 Å². The first-order chi connectivity index (χ1) is 8.86. The molecular weight excluding hydrogens is 302 g/mol. The van der Waals surface area contributed by atoms with Crippen LogP contribution in [0.3, 0.4) is 0 Å². The van der Waals surface area contributed by atoms with Crippen LogP contribution in [0.15, 0.2) is 0 Å². The zero-order valence-corrected chi connectivity index (χ0v) is 14.2. The molecule has 0 aromatic heterocycles. The number of alkyl halides is 1. The van der Waals surface area contributed by atoms with E-state index in [9.17, 15) is 4.79 Å². The van der Waals surface area contributed by atoms with E-state index in [0.29, 0.717) is 11.3 Å². The van der Waals surface area contributed by atoms with Crippen molar-refractivity contribution in [2.24, 2.45) is 17.3 Å². The van der Waals surface area contributed by atoms with E-state index in [1.807, 2.05) is 0 Å². The highest BCUT2D eigenvalue weighted by Crippen LogP contribution is 2.40. The van der Waals surface area contributed by atoms with Gasteiger partial charge in [0.1, 0.15) is 0 Å². The molecule has 3 heteroatoms. The molecule has 0 aliphatic heterocycles. The van der Waals surface area contributed by atoms with Gasteiger partial charge in [-0.25, -0.2) is 0 Å². The minimum absolute atomic E-state index is 0.0813. The van der Waals surface area contributed by atoms with Crippen molar-refractivity contribution in [2.75, 3.05) is 5.33 Å². The molecule has 0 unspecified atom stereocenters. The summed E-state index contributed by atoms with van der Waals surface area (Å²) in [7, 11) is 0. The molecule has 2 aliphatic carbocycles. The highest BCUT2D eigenvalue weighted by atomic mass is 79.9. The predicted molar refractivity (Wildman–Crippen MR) is 83.4 cm³/mol. The first kappa shape index (κ1) is 15.3. The Kier molecular flexibility index (Phi) is 4.64. The van der Waals surface area contributed by atoms with E-state index in [1.165, 1.54) is 19.3 Å². The molecule has 0 aromatic carbocycles. The highest BCUT2D eigenvalue weighted by molar-refractivity contribution is 9.09. The van der Waals surface area contributed by atoms with Crippen molar-refractivity contribution in [3.05, 3.63) is 0 Å². The average Bonchev–Trinajstić information content (AvgIpc) is 2.32. The van der Waals surface area contributed by atoms with Crippen molar-refractivity contribution in [1.82, 2.24) is 5.32 Å². The Morgan fingerprint density at radius 2 is 1.79 bits per heavy atom. The summed E-state index contributed by atoms with van der Waals surface area (Å²) in [6.45, 7) is 6.98. The third kappa shape index (κ3) is 3.53. The van der Waals surface area contributed by atoms with Gasteiger partial charge in [0.05, 0.1) is 0 Å². The number of hydrogen-bond donors (Lipinski definition) is 1. The summed E-state index contributed by atoms with van der Waals surface area (Å²) in [5.41, 5.74) is 0.477. The van der Waals surface area contributed by atoms with Crippen molar-refractivity contribution in [3.8, 4) is 0 Å². The van der Waals surface area contributed by atoms with Crippen molar-refractivity contribution >= 4 is 21.8 Å². The lowest BCUT2D eigenvalue weighted by molar-refractivity contribution is -0.129. The number of carbonyl (C=O) groups excluding carboxylic acids is 1. The molecule has 0 saturated heterocycles. The van der Waals surface area contributed by atoms with Gasteiger partial charge in [0, 0.05) is 16.8 Å². The van der Waals surface area contributed by atoms with Gasteiger partial charge >= 0.3 is 0 Å². The van der Waals surface area contributed by atoms with Crippen molar-refractivity contribution < 1.29 is 4.79 Å². The molecule has 19 heavy (non-hydrogen) atoms. The minimum Gasteiger partial charge on any atom is -0.350 e. The molecule has 1 amide bonds. The number of hydrogen-bond acceptors (Lipinski definition) is 1. The van der Waals surface area contributed by atoms with Crippen LogP contribution in [0.4, 0.5) is 0 Å². The van der Waals surface area contributed by atoms with Gasteiger partial charge in [0.2, 0.25) is 5.91 Å². The van der Waals surface area contributed by atoms with Crippen LogP contribution in [0, 0.1) is 17.3 Å². The Hall–Kier alpha value is -0.0500. The molecule has 0 bridgehead atoms. The third-order valence-electron chi connectivity index (χ3n) is 5.28. The van der Waals surface area contributed by atoms with Gasteiger partial charge in [-0.3, -0.25) is 4.79 Å². The SMILES string of the molecule is CC(C)(C)C1CCC(C(=O)NC2(CBr)CCC2)CC1. The molecule has 2 nitrogen and oxygen atoms in total. The van der Waals surface area contributed by atoms with Gasteiger partial charge in [0.25, 0.3) is 0 Å². The summed E-state index contributed by atoms with van der Waals surface area (Å²) in [6, 6.07) is 0. The Morgan fingerprint density at radius 1 is 1.21 bits per heavy atom. The topological polar surface area (TPSA) is 29.1 Å². The molecule has 0 aromatic rings. The van der Waals surface area contributed by atoms with E-state index in [1.54, 1.807) is 0 Å². The largest absolute Gasteiger partial charge is 0.350 e. The molecule has 110 valence electrons. The second kappa shape index (κ2) is 5.75. The molecule has 2 rings (SSSR count). The number of halogens is 1. The molecule has 0 spiro atoms. The van der Waals surface area contributed by atoms with Crippen LogP contribution in [0.25, 0.3) is 0 Å². The fourth-order valence-electron chi connectivity index (χ4n) is 3.48. The van der Waals surface area contributed by atoms with Gasteiger partial charge in [-0.1, -0.05) is 36.7 Å². The van der Waals surface area contributed by atoms with E-state index in [-0.39, 0.29) is 11.5 Å². The monoisotopic (exact) mass is 329 g/mol. The zero-order valence-electron chi connectivity index (χ0n) is 12.6. The second-order valence-corrected chi connectivity index (χ2v) is 8.23. The smallest absolute Gasteiger partial charge is 0.223 e. The number of carbonyl (C=O) groups is 1. The highest BCUT2D eigenvalue weighted by Gasteiger charge is 2.40. The summed E-state index contributed by atoms with van der Waals surface area (Å²) in [4.78, 5) is 12.4. The van der Waals surface area contributed by atoms with Crippen LogP contribution >= 0.6 is 15.9 Å². The van der Waals surface area contributed by atoms with Crippen molar-refractivity contribution in [2.45, 2.75) is 71.3 Å². The molecule has 1 N–H and O–H groups in total. The van der Waals surface area contributed by atoms with Gasteiger partial charge in [0.15, 0.2) is 0 Å². The molecular formula is C16H28BrNO. The van der Waals surface area contributed by atoms with Crippen LogP contribution in [-0.2, 0) is 4.79 Å². The van der Waals surface area contributed by atoms with Crippen molar-refractivity contribution in [1.29, 1.82) is 0 Å². The Morgan fingerprint density at radius 3 is 2.16 bits per heavy atom. The molecule has 0 radical (unpaired) electrons. The van der Waals surface area contributed by atoms with E-state index in [0.717, 1.165) is 36.9 Å². The number of rotatable bonds is 3. The van der Waals surface area contributed by atoms with E-state index < -0.39 is 0 Å². The van der Waals surface area contributed by atoms with Gasteiger partial charge in [-0.15, -0.1) is 0 Å². The maximum atomic E-state index is 12.4. The quantitative estimate of drug-likeness (QED) is 0.769. The zero-order chi connectivity index (χ0) is 14.1. The second-order valence-electron chi connectivity index (χ2n) is 7.67. The fourth-order valence-corrected chi connectivity index (χ4v) is 4.18. The van der Waals surface area contributed by atoms with Gasteiger partial charge in [-0.05, 0) is 56.3 Å². The number of nitrogens with one attached hydrogen (secondary N) is 1. The maximum Gasteiger partial charge on any atom is 0.223 e. The lowest BCUT2D eigenvalue weighted by Crippen LogP contribution is -2.56. The molecule has 0 heterocycles. The van der Waals surface area contributed by atoms with E-state index in [4.69, 9.17) is 0 Å². The Balaban J connectivity index is 1.83. The van der Waals surface area contributed by atoms with E-state index >= 15 is 0 Å². The summed E-state index contributed by atoms with van der Waals surface area (Å²) in [6.07, 6.45) is 8.11. The average molecular weight is 330 g/mol. The molecule has 2 fully saturated rings. The van der Waals surface area contributed by atoms with Crippen LogP contribution in [0.5, 0.6) is 0 Å². The fraction of sp³-hybridized carbons (Fsp3) is 0.938. The first-order valence-electron chi connectivity index (χ1n) is 7.74. The standard InChI is InChI=1S/C16H28BrNO/c1-15(2,3)13-7-5-12(6-8-13)14(19)18-16(11-17)9-4-10-16/h12-13H,4-11H2,1-3H3,(H,18,19). The summed E-state index contributed by atoms with van der Waals surface area (Å²) in [5, 5.41) is 4.22. The summed E-state index contributed by atoms with van der Waals surface area (Å²) in [5.74, 6) is 1.35. The third-order valence-corrected chi connectivity index (χ3v) is 6.35. The molecule has 0 atom stereocenters. The lowest BCUT2D eigenvalue weighted by atomic mass is 9.69. The van der Waals surface area contributed by atoms with Crippen LogP contribution < -0.4 is 5.32 Å². The van der Waals surface area contributed by atoms with Crippen LogP contribution in [-0.4, -0.2) is 16.8 Å². The number of amides is 1. The normalized spacial score (nSPS) is 30.5. The minimum atomic E-state index is 0.0813. The van der Waals surface area contributed by atoms with Gasteiger partial charge in [-0.2, -0.15) is 0 Å². The Labute approximate surface area is 126 Å². The maximum absolute atomic E-state index is 12.4. The molecule has 2 aliphatic rings. The van der Waals surface area contributed by atoms with Crippen LogP contribution in [0.2, 0.25) is 0 Å². The van der Waals surface area contributed by atoms with E-state index in [2.05, 4.69) is 42.0 Å². The predicted octanol–water partition coefficient (Wildman–Crippen LogP) is 4.27. The summed E-state index contributed by atoms with van der Waals surface area (Å²) < 4.78 is 0. The Bertz CT molecular complexity index is 317.